The van der Waals surface area contributed by atoms with Crippen LogP contribution in [0.5, 0.6) is 0 Å². The lowest BCUT2D eigenvalue weighted by Gasteiger charge is -2.09. The van der Waals surface area contributed by atoms with E-state index in [0.29, 0.717) is 18.1 Å². The van der Waals surface area contributed by atoms with Crippen molar-refractivity contribution < 1.29 is 13.9 Å². The van der Waals surface area contributed by atoms with Crippen molar-refractivity contribution in [2.24, 2.45) is 0 Å². The molecule has 2 aromatic rings. The first-order valence-electron chi connectivity index (χ1n) is 6.93. The molecule has 1 unspecified atom stereocenters. The summed E-state index contributed by atoms with van der Waals surface area (Å²) < 4.78 is 10.8. The molecular formula is C15H17N3O3. The molecule has 1 aromatic carbocycles. The molecule has 0 spiro atoms. The largest absolute Gasteiger partial charge is 0.444 e. The molecule has 1 amide bonds. The van der Waals surface area contributed by atoms with Gasteiger partial charge in [-0.15, -0.1) is 0 Å². The molecule has 21 heavy (non-hydrogen) atoms. The molecular weight excluding hydrogens is 270 g/mol. The Kier molecular flexibility index (Phi) is 3.87. The number of carbonyl (C=O) groups is 1. The molecule has 1 saturated heterocycles. The van der Waals surface area contributed by atoms with Gasteiger partial charge in [-0.2, -0.15) is 0 Å². The molecule has 6 heteroatoms. The summed E-state index contributed by atoms with van der Waals surface area (Å²) in [6.07, 6.45) is 3.50. The molecule has 6 nitrogen and oxygen atoms in total. The molecule has 0 radical (unpaired) electrons. The van der Waals surface area contributed by atoms with Crippen LogP contribution in [0.2, 0.25) is 0 Å². The first kappa shape index (κ1) is 13.6. The molecule has 1 atom stereocenters. The van der Waals surface area contributed by atoms with Crippen molar-refractivity contribution in [3.8, 4) is 11.5 Å². The van der Waals surface area contributed by atoms with Crippen molar-refractivity contribution in [1.29, 1.82) is 0 Å². The third-order valence-electron chi connectivity index (χ3n) is 3.41. The number of hydrogen-bond acceptors (Lipinski definition) is 5. The lowest BCUT2D eigenvalue weighted by atomic mass is 10.2. The van der Waals surface area contributed by atoms with E-state index in [1.165, 1.54) is 6.26 Å². The minimum atomic E-state index is -0.254. The minimum Gasteiger partial charge on any atom is -0.444 e. The number of carbonyl (C=O) groups excluding carboxylic acids is 1. The highest BCUT2D eigenvalue weighted by Crippen LogP contribution is 2.20. The van der Waals surface area contributed by atoms with E-state index in [9.17, 15) is 4.79 Å². The number of nitrogens with zero attached hydrogens (tertiary/aromatic N) is 1. The number of nitrogen functional groups attached to an aromatic ring is 1. The fraction of sp³-hybridized carbons (Fsp3) is 0.333. The zero-order valence-electron chi connectivity index (χ0n) is 11.5. The molecule has 1 fully saturated rings. The van der Waals surface area contributed by atoms with Crippen LogP contribution >= 0.6 is 0 Å². The number of rotatable bonds is 4. The minimum absolute atomic E-state index is 0.109. The van der Waals surface area contributed by atoms with Crippen LogP contribution in [0.15, 0.2) is 34.9 Å². The highest BCUT2D eigenvalue weighted by atomic mass is 16.5. The molecule has 3 N–H and O–H groups in total. The van der Waals surface area contributed by atoms with Crippen LogP contribution in [-0.4, -0.2) is 30.1 Å². The Bertz CT molecular complexity index is 615. The van der Waals surface area contributed by atoms with Gasteiger partial charge < -0.3 is 20.2 Å². The normalized spacial score (nSPS) is 17.8. The molecule has 1 aromatic heterocycles. The zero-order chi connectivity index (χ0) is 14.7. The highest BCUT2D eigenvalue weighted by molar-refractivity contribution is 5.92. The van der Waals surface area contributed by atoms with Gasteiger partial charge in [-0.1, -0.05) is 0 Å². The standard InChI is InChI=1S/C15H17N3O3/c16-11-5-3-10(4-6-11)15-18-13(9-21-15)14(19)17-8-12-2-1-7-20-12/h3-6,9,12H,1-2,7-8,16H2,(H,17,19). The number of nitrogens with one attached hydrogen (secondary N) is 1. The lowest BCUT2D eigenvalue weighted by Crippen LogP contribution is -2.31. The SMILES string of the molecule is Nc1ccc(-c2nc(C(=O)NCC3CCCO3)co2)cc1. The lowest BCUT2D eigenvalue weighted by molar-refractivity contribution is 0.0853. The molecule has 2 heterocycles. The summed E-state index contributed by atoms with van der Waals surface area (Å²) in [5, 5.41) is 2.81. The van der Waals surface area contributed by atoms with Gasteiger partial charge in [-0.25, -0.2) is 4.98 Å². The average molecular weight is 287 g/mol. The van der Waals surface area contributed by atoms with E-state index in [-0.39, 0.29) is 17.7 Å². The number of nitrogens with two attached hydrogens (primary N) is 1. The molecule has 3 rings (SSSR count). The van der Waals surface area contributed by atoms with E-state index in [1.54, 1.807) is 24.3 Å². The summed E-state index contributed by atoms with van der Waals surface area (Å²) in [6.45, 7) is 1.27. The van der Waals surface area contributed by atoms with E-state index >= 15 is 0 Å². The van der Waals surface area contributed by atoms with Crippen LogP contribution < -0.4 is 11.1 Å². The summed E-state index contributed by atoms with van der Waals surface area (Å²) in [7, 11) is 0. The number of aromatic nitrogens is 1. The maximum absolute atomic E-state index is 12.0. The van der Waals surface area contributed by atoms with Gasteiger partial charge in [0, 0.05) is 24.4 Å². The molecule has 0 bridgehead atoms. The Hall–Kier alpha value is -2.34. The van der Waals surface area contributed by atoms with Crippen LogP contribution in [-0.2, 0) is 4.74 Å². The fourth-order valence-electron chi connectivity index (χ4n) is 2.24. The predicted molar refractivity (Wildman–Crippen MR) is 77.7 cm³/mol. The molecule has 1 aliphatic heterocycles. The average Bonchev–Trinajstić information content (AvgIpc) is 3.17. The number of hydrogen-bond donors (Lipinski definition) is 2. The Morgan fingerprint density at radius 3 is 2.90 bits per heavy atom. The first-order chi connectivity index (χ1) is 10.2. The second kappa shape index (κ2) is 5.97. The van der Waals surface area contributed by atoms with E-state index in [1.807, 2.05) is 0 Å². The summed E-state index contributed by atoms with van der Waals surface area (Å²) >= 11 is 0. The summed E-state index contributed by atoms with van der Waals surface area (Å²) in [6, 6.07) is 7.12. The number of benzene rings is 1. The van der Waals surface area contributed by atoms with Crippen LogP contribution in [0.4, 0.5) is 5.69 Å². The number of anilines is 1. The van der Waals surface area contributed by atoms with Crippen LogP contribution in [0.1, 0.15) is 23.3 Å². The fourth-order valence-corrected chi connectivity index (χ4v) is 2.24. The van der Waals surface area contributed by atoms with Gasteiger partial charge in [-0.3, -0.25) is 4.79 Å². The van der Waals surface area contributed by atoms with Gasteiger partial charge >= 0.3 is 0 Å². The van der Waals surface area contributed by atoms with E-state index < -0.39 is 0 Å². The van der Waals surface area contributed by atoms with Crippen LogP contribution in [0, 0.1) is 0 Å². The van der Waals surface area contributed by atoms with Crippen molar-refractivity contribution >= 4 is 11.6 Å². The summed E-state index contributed by atoms with van der Waals surface area (Å²) in [5.74, 6) is 0.146. The monoisotopic (exact) mass is 287 g/mol. The third kappa shape index (κ3) is 3.22. The zero-order valence-corrected chi connectivity index (χ0v) is 11.5. The number of ether oxygens (including phenoxy) is 1. The summed E-state index contributed by atoms with van der Waals surface area (Å²) in [5.41, 5.74) is 7.34. The Morgan fingerprint density at radius 1 is 1.38 bits per heavy atom. The summed E-state index contributed by atoms with van der Waals surface area (Å²) in [4.78, 5) is 16.2. The maximum Gasteiger partial charge on any atom is 0.273 e. The third-order valence-corrected chi connectivity index (χ3v) is 3.41. The number of amides is 1. The quantitative estimate of drug-likeness (QED) is 0.837. The topological polar surface area (TPSA) is 90.4 Å². The van der Waals surface area contributed by atoms with Crippen molar-refractivity contribution in [2.75, 3.05) is 18.9 Å². The second-order valence-electron chi connectivity index (χ2n) is 5.00. The van der Waals surface area contributed by atoms with Gasteiger partial charge in [0.1, 0.15) is 6.26 Å². The smallest absolute Gasteiger partial charge is 0.273 e. The van der Waals surface area contributed by atoms with Crippen LogP contribution in [0.3, 0.4) is 0 Å². The molecule has 0 saturated carbocycles. The Morgan fingerprint density at radius 2 is 2.19 bits per heavy atom. The van der Waals surface area contributed by atoms with Crippen molar-refractivity contribution in [2.45, 2.75) is 18.9 Å². The van der Waals surface area contributed by atoms with E-state index in [2.05, 4.69) is 10.3 Å². The molecule has 110 valence electrons. The van der Waals surface area contributed by atoms with Crippen molar-refractivity contribution in [3.63, 3.8) is 0 Å². The number of oxazole rings is 1. The van der Waals surface area contributed by atoms with Gasteiger partial charge in [0.25, 0.3) is 5.91 Å². The van der Waals surface area contributed by atoms with Gasteiger partial charge in [0.2, 0.25) is 5.89 Å². The highest BCUT2D eigenvalue weighted by Gasteiger charge is 2.18. The maximum atomic E-state index is 12.0. The van der Waals surface area contributed by atoms with Crippen molar-refractivity contribution in [3.05, 3.63) is 36.2 Å². The Labute approximate surface area is 122 Å². The van der Waals surface area contributed by atoms with E-state index in [4.69, 9.17) is 14.9 Å². The predicted octanol–water partition coefficient (Wildman–Crippen LogP) is 1.83. The molecule has 0 aliphatic carbocycles. The molecule has 1 aliphatic rings. The Balaban J connectivity index is 1.63. The van der Waals surface area contributed by atoms with Gasteiger partial charge in [0.15, 0.2) is 5.69 Å². The second-order valence-corrected chi connectivity index (χ2v) is 5.00. The van der Waals surface area contributed by atoms with Crippen LogP contribution in [0.25, 0.3) is 11.5 Å². The van der Waals surface area contributed by atoms with Crippen molar-refractivity contribution in [1.82, 2.24) is 10.3 Å². The van der Waals surface area contributed by atoms with Gasteiger partial charge in [0.05, 0.1) is 6.10 Å². The van der Waals surface area contributed by atoms with E-state index in [0.717, 1.165) is 25.0 Å². The van der Waals surface area contributed by atoms with Gasteiger partial charge in [-0.05, 0) is 37.1 Å². The first-order valence-corrected chi connectivity index (χ1v) is 6.93.